The summed E-state index contributed by atoms with van der Waals surface area (Å²) in [6, 6.07) is 17.2. The minimum absolute atomic E-state index is 0.483. The van der Waals surface area contributed by atoms with Crippen molar-refractivity contribution in [2.75, 3.05) is 19.6 Å². The molecule has 1 saturated heterocycles. The highest BCUT2D eigenvalue weighted by Gasteiger charge is 2.54. The molecule has 28 heavy (non-hydrogen) atoms. The van der Waals surface area contributed by atoms with Crippen molar-refractivity contribution < 1.29 is 8.42 Å². The molecular formula is C23H28ClNO2S. The molecule has 2 aromatic rings. The first-order chi connectivity index (χ1) is 13.5. The largest absolute Gasteiger partial charge is 0.303 e. The highest BCUT2D eigenvalue weighted by molar-refractivity contribution is 7.93. The van der Waals surface area contributed by atoms with Crippen LogP contribution in [0.5, 0.6) is 0 Å². The molecule has 150 valence electrons. The summed E-state index contributed by atoms with van der Waals surface area (Å²) >= 11 is 5.99. The number of sulfone groups is 1. The van der Waals surface area contributed by atoms with E-state index < -0.39 is 14.6 Å². The minimum atomic E-state index is -3.21. The molecule has 1 saturated carbocycles. The standard InChI is InChI=1S/C23H28ClNO2S/c24-21-9-7-19(8-10-21)20-11-17-25(18-12-20)16-4-13-23(14-15-23)28(26,27)22-5-2-1-3-6-22/h1-3,5-10,20H,4,11-18H2. The molecule has 5 heteroatoms. The van der Waals surface area contributed by atoms with Gasteiger partial charge in [0.1, 0.15) is 0 Å². The number of nitrogens with zero attached hydrogens (tertiary/aromatic N) is 1. The topological polar surface area (TPSA) is 37.4 Å². The first-order valence-corrected chi connectivity index (χ1v) is 12.1. The number of halogens is 1. The summed E-state index contributed by atoms with van der Waals surface area (Å²) in [5.74, 6) is 0.613. The fraction of sp³-hybridized carbons (Fsp3) is 0.478. The van der Waals surface area contributed by atoms with Gasteiger partial charge < -0.3 is 4.90 Å². The lowest BCUT2D eigenvalue weighted by molar-refractivity contribution is 0.208. The maximum Gasteiger partial charge on any atom is 0.184 e. The Morgan fingerprint density at radius 1 is 0.964 bits per heavy atom. The zero-order valence-electron chi connectivity index (χ0n) is 16.2. The third-order valence-electron chi connectivity index (χ3n) is 6.47. The molecule has 4 rings (SSSR count). The Labute approximate surface area is 173 Å². The van der Waals surface area contributed by atoms with Gasteiger partial charge >= 0.3 is 0 Å². The maximum absolute atomic E-state index is 13.0. The van der Waals surface area contributed by atoms with E-state index in [0.29, 0.717) is 10.8 Å². The number of likely N-dealkylation sites (tertiary alicyclic amines) is 1. The Kier molecular flexibility index (Phi) is 5.82. The van der Waals surface area contributed by atoms with Crippen LogP contribution in [-0.4, -0.2) is 37.7 Å². The van der Waals surface area contributed by atoms with Gasteiger partial charge in [-0.2, -0.15) is 0 Å². The molecular weight excluding hydrogens is 390 g/mol. The molecule has 0 atom stereocenters. The smallest absolute Gasteiger partial charge is 0.184 e. The maximum atomic E-state index is 13.0. The van der Waals surface area contributed by atoms with Crippen LogP contribution in [-0.2, 0) is 9.84 Å². The number of rotatable bonds is 7. The summed E-state index contributed by atoms with van der Waals surface area (Å²) in [6.07, 6.45) is 5.68. The van der Waals surface area contributed by atoms with E-state index in [4.69, 9.17) is 11.6 Å². The summed E-state index contributed by atoms with van der Waals surface area (Å²) < 4.78 is 25.5. The number of piperidine rings is 1. The first-order valence-electron chi connectivity index (χ1n) is 10.3. The van der Waals surface area contributed by atoms with Crippen LogP contribution in [0.15, 0.2) is 59.5 Å². The van der Waals surface area contributed by atoms with Crippen LogP contribution in [0.2, 0.25) is 5.02 Å². The van der Waals surface area contributed by atoms with Crippen LogP contribution in [0.3, 0.4) is 0 Å². The Hall–Kier alpha value is -1.36. The van der Waals surface area contributed by atoms with Crippen LogP contribution < -0.4 is 0 Å². The quantitative estimate of drug-likeness (QED) is 0.612. The molecule has 3 nitrogen and oxygen atoms in total. The van der Waals surface area contributed by atoms with Gasteiger partial charge in [0, 0.05) is 5.02 Å². The van der Waals surface area contributed by atoms with Crippen molar-refractivity contribution in [1.82, 2.24) is 4.90 Å². The Bertz CT molecular complexity index is 884. The number of benzene rings is 2. The van der Waals surface area contributed by atoms with Gasteiger partial charge in [-0.1, -0.05) is 41.9 Å². The number of hydrogen-bond acceptors (Lipinski definition) is 3. The van der Waals surface area contributed by atoms with Gasteiger partial charge in [-0.25, -0.2) is 8.42 Å². The third-order valence-corrected chi connectivity index (χ3v) is 9.36. The summed E-state index contributed by atoms with van der Waals surface area (Å²) in [5.41, 5.74) is 1.38. The zero-order valence-corrected chi connectivity index (χ0v) is 17.8. The van der Waals surface area contributed by atoms with E-state index in [1.165, 1.54) is 5.56 Å². The highest BCUT2D eigenvalue weighted by atomic mass is 35.5. The van der Waals surface area contributed by atoms with Crippen molar-refractivity contribution in [3.05, 3.63) is 65.2 Å². The van der Waals surface area contributed by atoms with Crippen LogP contribution in [0, 0.1) is 0 Å². The van der Waals surface area contributed by atoms with E-state index in [2.05, 4.69) is 17.0 Å². The molecule has 1 heterocycles. The minimum Gasteiger partial charge on any atom is -0.303 e. The molecule has 0 aromatic heterocycles. The second-order valence-electron chi connectivity index (χ2n) is 8.27. The molecule has 2 fully saturated rings. The Balaban J connectivity index is 1.27. The number of hydrogen-bond donors (Lipinski definition) is 0. The van der Waals surface area contributed by atoms with E-state index in [9.17, 15) is 8.42 Å². The predicted molar refractivity (Wildman–Crippen MR) is 115 cm³/mol. The van der Waals surface area contributed by atoms with Crippen molar-refractivity contribution in [2.24, 2.45) is 0 Å². The average molecular weight is 418 g/mol. The van der Waals surface area contributed by atoms with Gasteiger partial charge in [0.2, 0.25) is 0 Å². The lowest BCUT2D eigenvalue weighted by Crippen LogP contribution is -2.34. The van der Waals surface area contributed by atoms with E-state index in [0.717, 1.165) is 63.2 Å². The van der Waals surface area contributed by atoms with Gasteiger partial charge in [-0.05, 0) is 93.9 Å². The summed E-state index contributed by atoms with van der Waals surface area (Å²) in [7, 11) is -3.21. The predicted octanol–water partition coefficient (Wildman–Crippen LogP) is 5.31. The van der Waals surface area contributed by atoms with Crippen LogP contribution in [0.4, 0.5) is 0 Å². The van der Waals surface area contributed by atoms with Gasteiger partial charge in [0.25, 0.3) is 0 Å². The van der Waals surface area contributed by atoms with Crippen molar-refractivity contribution >= 4 is 21.4 Å². The van der Waals surface area contributed by atoms with E-state index in [1.807, 2.05) is 30.3 Å². The Morgan fingerprint density at radius 3 is 2.21 bits per heavy atom. The molecule has 2 aliphatic rings. The first kappa shape index (κ1) is 19.9. The van der Waals surface area contributed by atoms with Gasteiger partial charge in [0.05, 0.1) is 9.64 Å². The molecule has 1 aliphatic heterocycles. The van der Waals surface area contributed by atoms with Gasteiger partial charge in [-0.15, -0.1) is 0 Å². The van der Waals surface area contributed by atoms with Crippen LogP contribution in [0.1, 0.15) is 50.0 Å². The molecule has 0 bridgehead atoms. The van der Waals surface area contributed by atoms with Crippen molar-refractivity contribution in [2.45, 2.75) is 54.1 Å². The normalized spacial score (nSPS) is 20.2. The molecule has 0 spiro atoms. The summed E-state index contributed by atoms with van der Waals surface area (Å²) in [6.45, 7) is 3.18. The second kappa shape index (κ2) is 8.17. The van der Waals surface area contributed by atoms with Crippen LogP contribution >= 0.6 is 11.6 Å². The SMILES string of the molecule is O=S(=O)(c1ccccc1)C1(CCCN2CCC(c3ccc(Cl)cc3)CC2)CC1. The third kappa shape index (κ3) is 4.14. The summed E-state index contributed by atoms with van der Waals surface area (Å²) in [4.78, 5) is 2.98. The van der Waals surface area contributed by atoms with Crippen molar-refractivity contribution in [3.8, 4) is 0 Å². The van der Waals surface area contributed by atoms with Crippen molar-refractivity contribution in [1.29, 1.82) is 0 Å². The van der Waals surface area contributed by atoms with Gasteiger partial charge in [0.15, 0.2) is 9.84 Å². The van der Waals surface area contributed by atoms with E-state index in [-0.39, 0.29) is 0 Å². The molecule has 1 aliphatic carbocycles. The van der Waals surface area contributed by atoms with Crippen LogP contribution in [0.25, 0.3) is 0 Å². The van der Waals surface area contributed by atoms with E-state index in [1.54, 1.807) is 12.1 Å². The lowest BCUT2D eigenvalue weighted by Gasteiger charge is -2.32. The fourth-order valence-corrected chi connectivity index (χ4v) is 6.69. The van der Waals surface area contributed by atoms with E-state index >= 15 is 0 Å². The molecule has 0 radical (unpaired) electrons. The zero-order chi connectivity index (χ0) is 19.6. The second-order valence-corrected chi connectivity index (χ2v) is 11.1. The molecule has 0 unspecified atom stereocenters. The molecule has 0 N–H and O–H groups in total. The summed E-state index contributed by atoms with van der Waals surface area (Å²) in [5, 5.41) is 0.792. The van der Waals surface area contributed by atoms with Gasteiger partial charge in [-0.3, -0.25) is 0 Å². The lowest BCUT2D eigenvalue weighted by atomic mass is 9.89. The van der Waals surface area contributed by atoms with Crippen molar-refractivity contribution in [3.63, 3.8) is 0 Å². The highest BCUT2D eigenvalue weighted by Crippen LogP contribution is 2.50. The average Bonchev–Trinajstić information content (AvgIpc) is 3.52. The molecule has 0 amide bonds. The molecule has 2 aromatic carbocycles. The Morgan fingerprint density at radius 2 is 1.61 bits per heavy atom. The fourth-order valence-electron chi connectivity index (χ4n) is 4.49. The monoisotopic (exact) mass is 417 g/mol.